The van der Waals surface area contributed by atoms with Crippen LogP contribution in [0.2, 0.25) is 5.02 Å². The van der Waals surface area contributed by atoms with E-state index in [1.807, 2.05) is 6.07 Å². The van der Waals surface area contributed by atoms with Gasteiger partial charge in [0.1, 0.15) is 5.82 Å². The predicted molar refractivity (Wildman–Crippen MR) is 113 cm³/mol. The summed E-state index contributed by atoms with van der Waals surface area (Å²) in [6, 6.07) is 20.9. The highest BCUT2D eigenvalue weighted by molar-refractivity contribution is 6.30. The largest absolute Gasteiger partial charge is 0.454 e. The summed E-state index contributed by atoms with van der Waals surface area (Å²) in [5.74, 6) is -1.34. The number of hydrogen-bond acceptors (Lipinski definition) is 4. The van der Waals surface area contributed by atoms with Crippen LogP contribution in [0.3, 0.4) is 0 Å². The zero-order valence-corrected chi connectivity index (χ0v) is 16.4. The summed E-state index contributed by atoms with van der Waals surface area (Å²) >= 11 is 5.83. The van der Waals surface area contributed by atoms with Gasteiger partial charge in [-0.25, -0.2) is 14.2 Å². The molecule has 30 heavy (non-hydrogen) atoms. The van der Waals surface area contributed by atoms with Crippen molar-refractivity contribution in [1.82, 2.24) is 4.98 Å². The lowest BCUT2D eigenvalue weighted by molar-refractivity contribution is 0.0476. The number of carbonyl (C=O) groups excluding carboxylic acids is 2. The number of esters is 1. The Morgan fingerprint density at radius 3 is 2.37 bits per heavy atom. The number of ketones is 1. The molecule has 0 atom stereocenters. The fourth-order valence-corrected chi connectivity index (χ4v) is 3.17. The summed E-state index contributed by atoms with van der Waals surface area (Å²) in [6.45, 7) is -0.400. The van der Waals surface area contributed by atoms with Gasteiger partial charge in [0.25, 0.3) is 0 Å². The zero-order valence-electron chi connectivity index (χ0n) is 15.6. The van der Waals surface area contributed by atoms with E-state index in [4.69, 9.17) is 16.3 Å². The lowest BCUT2D eigenvalue weighted by Crippen LogP contribution is -2.15. The molecule has 1 heterocycles. The third kappa shape index (κ3) is 4.21. The minimum Gasteiger partial charge on any atom is -0.454 e. The molecule has 0 amide bonds. The number of carbonyl (C=O) groups is 2. The number of aromatic nitrogens is 1. The van der Waals surface area contributed by atoms with Gasteiger partial charge in [-0.15, -0.1) is 0 Å². The van der Waals surface area contributed by atoms with Crippen LogP contribution in [0.25, 0.3) is 22.2 Å². The molecule has 0 saturated heterocycles. The van der Waals surface area contributed by atoms with E-state index in [0.29, 0.717) is 32.7 Å². The van der Waals surface area contributed by atoms with Crippen molar-refractivity contribution in [2.75, 3.05) is 6.61 Å². The molecule has 0 aliphatic carbocycles. The molecule has 1 aromatic heterocycles. The van der Waals surface area contributed by atoms with E-state index in [0.717, 1.165) is 0 Å². The second-order valence-electron chi connectivity index (χ2n) is 6.59. The monoisotopic (exact) mass is 419 g/mol. The van der Waals surface area contributed by atoms with Crippen LogP contribution in [-0.4, -0.2) is 23.3 Å². The fraction of sp³-hybridized carbons (Fsp3) is 0.0417. The van der Waals surface area contributed by atoms with Gasteiger partial charge < -0.3 is 4.74 Å². The van der Waals surface area contributed by atoms with Gasteiger partial charge in [0.2, 0.25) is 0 Å². The highest BCUT2D eigenvalue weighted by Gasteiger charge is 2.17. The standard InChI is InChI=1S/C24H15ClFNO3/c25-17-9-5-16(6-10-17)23(28)14-30-24(29)20-13-22(15-7-11-18(26)12-8-15)27-21-4-2-1-3-19(20)21/h1-13H,14H2. The van der Waals surface area contributed by atoms with Crippen LogP contribution >= 0.6 is 11.6 Å². The number of halogens is 2. The van der Waals surface area contributed by atoms with E-state index < -0.39 is 12.6 Å². The molecule has 0 saturated carbocycles. The van der Waals surface area contributed by atoms with E-state index in [1.165, 1.54) is 12.1 Å². The molecule has 3 aromatic carbocycles. The summed E-state index contributed by atoms with van der Waals surface area (Å²) in [5.41, 5.74) is 2.44. The normalized spacial score (nSPS) is 10.7. The zero-order chi connectivity index (χ0) is 21.1. The molecule has 0 bridgehead atoms. The van der Waals surface area contributed by atoms with Gasteiger partial charge in [-0.05, 0) is 60.7 Å². The molecule has 0 spiro atoms. The molecule has 0 N–H and O–H groups in total. The maximum absolute atomic E-state index is 13.3. The third-order valence-electron chi connectivity index (χ3n) is 4.58. The predicted octanol–water partition coefficient (Wildman–Crippen LogP) is 5.73. The van der Waals surface area contributed by atoms with Gasteiger partial charge in [-0.2, -0.15) is 0 Å². The molecule has 0 aliphatic rings. The van der Waals surface area contributed by atoms with E-state index in [1.54, 1.807) is 60.7 Å². The highest BCUT2D eigenvalue weighted by atomic mass is 35.5. The molecule has 0 aliphatic heterocycles. The Bertz CT molecular complexity index is 1240. The van der Waals surface area contributed by atoms with Crippen molar-refractivity contribution in [3.05, 3.63) is 101 Å². The molecule has 0 unspecified atom stereocenters. The first-order valence-electron chi connectivity index (χ1n) is 9.13. The van der Waals surface area contributed by atoms with Gasteiger partial charge in [0, 0.05) is 21.5 Å². The van der Waals surface area contributed by atoms with Gasteiger partial charge in [0.15, 0.2) is 12.4 Å². The maximum Gasteiger partial charge on any atom is 0.339 e. The number of pyridine rings is 1. The molecule has 0 fully saturated rings. The number of para-hydroxylation sites is 1. The first-order chi connectivity index (χ1) is 14.5. The molecule has 4 rings (SSSR count). The lowest BCUT2D eigenvalue weighted by Gasteiger charge is -2.10. The summed E-state index contributed by atoms with van der Waals surface area (Å²) < 4.78 is 18.6. The Kier molecular flexibility index (Phi) is 5.55. The van der Waals surface area contributed by atoms with Crippen molar-refractivity contribution in [2.45, 2.75) is 0 Å². The summed E-state index contributed by atoms with van der Waals surface area (Å²) in [6.07, 6.45) is 0. The van der Waals surface area contributed by atoms with Crippen molar-refractivity contribution in [2.24, 2.45) is 0 Å². The molecule has 4 aromatic rings. The van der Waals surface area contributed by atoms with Gasteiger partial charge in [-0.3, -0.25) is 4.79 Å². The smallest absolute Gasteiger partial charge is 0.339 e. The number of benzene rings is 3. The van der Waals surface area contributed by atoms with Crippen molar-refractivity contribution in [3.8, 4) is 11.3 Å². The van der Waals surface area contributed by atoms with Gasteiger partial charge in [0.05, 0.1) is 16.8 Å². The van der Waals surface area contributed by atoms with Crippen LogP contribution in [0.4, 0.5) is 4.39 Å². The third-order valence-corrected chi connectivity index (χ3v) is 4.83. The van der Waals surface area contributed by atoms with Crippen molar-refractivity contribution >= 4 is 34.3 Å². The van der Waals surface area contributed by atoms with E-state index >= 15 is 0 Å². The van der Waals surface area contributed by atoms with E-state index in [2.05, 4.69) is 4.98 Å². The highest BCUT2D eigenvalue weighted by Crippen LogP contribution is 2.25. The van der Waals surface area contributed by atoms with Crippen LogP contribution in [0, 0.1) is 5.82 Å². The molecular weight excluding hydrogens is 405 g/mol. The van der Waals surface area contributed by atoms with E-state index in [-0.39, 0.29) is 17.2 Å². The Morgan fingerprint density at radius 1 is 0.933 bits per heavy atom. The summed E-state index contributed by atoms with van der Waals surface area (Å²) in [5, 5.41) is 1.12. The van der Waals surface area contributed by atoms with Gasteiger partial charge >= 0.3 is 5.97 Å². The van der Waals surface area contributed by atoms with Gasteiger partial charge in [-0.1, -0.05) is 29.8 Å². The topological polar surface area (TPSA) is 56.3 Å². The van der Waals surface area contributed by atoms with Crippen molar-refractivity contribution in [3.63, 3.8) is 0 Å². The molecule has 4 nitrogen and oxygen atoms in total. The fourth-order valence-electron chi connectivity index (χ4n) is 3.04. The number of hydrogen-bond donors (Lipinski definition) is 0. The van der Waals surface area contributed by atoms with Crippen LogP contribution in [0.15, 0.2) is 78.9 Å². The van der Waals surface area contributed by atoms with Crippen molar-refractivity contribution < 1.29 is 18.7 Å². The second-order valence-corrected chi connectivity index (χ2v) is 7.02. The number of Topliss-reactive ketones (excluding diaryl/α,β-unsaturated/α-hetero) is 1. The molecule has 6 heteroatoms. The van der Waals surface area contributed by atoms with Crippen LogP contribution < -0.4 is 0 Å². The number of fused-ring (bicyclic) bond motifs is 1. The van der Waals surface area contributed by atoms with Crippen molar-refractivity contribution in [1.29, 1.82) is 0 Å². The number of rotatable bonds is 5. The summed E-state index contributed by atoms with van der Waals surface area (Å²) in [4.78, 5) is 29.7. The number of ether oxygens (including phenoxy) is 1. The molecular formula is C24H15ClFNO3. The summed E-state index contributed by atoms with van der Waals surface area (Å²) in [7, 11) is 0. The van der Waals surface area contributed by atoms with Crippen LogP contribution in [0.1, 0.15) is 20.7 Å². The first-order valence-corrected chi connectivity index (χ1v) is 9.51. The average Bonchev–Trinajstić information content (AvgIpc) is 2.77. The van der Waals surface area contributed by atoms with Crippen LogP contribution in [0.5, 0.6) is 0 Å². The first kappa shape index (κ1) is 19.7. The molecule has 0 radical (unpaired) electrons. The second kappa shape index (κ2) is 8.43. The quantitative estimate of drug-likeness (QED) is 0.306. The number of nitrogens with zero attached hydrogens (tertiary/aromatic N) is 1. The Morgan fingerprint density at radius 2 is 1.63 bits per heavy atom. The minimum atomic E-state index is -0.640. The minimum absolute atomic E-state index is 0.281. The van der Waals surface area contributed by atoms with Crippen LogP contribution in [-0.2, 0) is 4.74 Å². The Labute approximate surface area is 176 Å². The SMILES string of the molecule is O=C(COC(=O)c1cc(-c2ccc(F)cc2)nc2ccccc12)c1ccc(Cl)cc1. The maximum atomic E-state index is 13.3. The average molecular weight is 420 g/mol. The Balaban J connectivity index is 1.63. The van der Waals surface area contributed by atoms with E-state index in [9.17, 15) is 14.0 Å². The lowest BCUT2D eigenvalue weighted by atomic mass is 10.0. The Hall–Kier alpha value is -3.57. The molecule has 148 valence electrons.